The highest BCUT2D eigenvalue weighted by molar-refractivity contribution is 6.37. The van der Waals surface area contributed by atoms with E-state index in [0.29, 0.717) is 52.0 Å². The zero-order valence-corrected chi connectivity index (χ0v) is 30.8. The molecule has 54 heavy (non-hydrogen) atoms. The lowest BCUT2D eigenvalue weighted by Crippen LogP contribution is -2.56. The molecule has 0 atom stereocenters. The van der Waals surface area contributed by atoms with E-state index in [-0.39, 0.29) is 10.6 Å². The summed E-state index contributed by atoms with van der Waals surface area (Å²) in [5.74, 6) is 1.40. The van der Waals surface area contributed by atoms with Gasteiger partial charge >= 0.3 is 0 Å². The van der Waals surface area contributed by atoms with Gasteiger partial charge in [0.15, 0.2) is 0 Å². The second-order valence-electron chi connectivity index (χ2n) is 12.6. The van der Waals surface area contributed by atoms with Crippen LogP contribution in [0, 0.1) is 0 Å². The Bertz CT molecular complexity index is 2290. The van der Waals surface area contributed by atoms with Gasteiger partial charge in [-0.15, -0.1) is 0 Å². The summed E-state index contributed by atoms with van der Waals surface area (Å²) in [6, 6.07) is 38.5. The Labute approximate surface area is 322 Å². The number of carbonyl (C=O) groups excluding carboxylic acids is 2. The third-order valence-corrected chi connectivity index (χ3v) is 9.97. The van der Waals surface area contributed by atoms with E-state index in [2.05, 4.69) is 16.1 Å². The predicted octanol–water partition coefficient (Wildman–Crippen LogP) is 10.5. The molecule has 2 heterocycles. The third-order valence-electron chi connectivity index (χ3n) is 9.34. The first-order valence-corrected chi connectivity index (χ1v) is 18.2. The summed E-state index contributed by atoms with van der Waals surface area (Å²) in [5, 5.41) is 8.72. The quantitative estimate of drug-likeness (QED) is 0.128. The van der Waals surface area contributed by atoms with Gasteiger partial charge in [-0.25, -0.2) is 5.01 Å². The molecule has 2 aliphatic rings. The van der Waals surface area contributed by atoms with Gasteiger partial charge in [0.25, 0.3) is 11.8 Å². The fourth-order valence-corrected chi connectivity index (χ4v) is 7.59. The minimum Gasteiger partial charge on any atom is -0.494 e. The van der Waals surface area contributed by atoms with E-state index in [4.69, 9.17) is 37.4 Å². The highest BCUT2D eigenvalue weighted by atomic mass is 35.5. The zero-order chi connectivity index (χ0) is 37.4. The monoisotopic (exact) mass is 756 g/mol. The summed E-state index contributed by atoms with van der Waals surface area (Å²) in [6.07, 6.45) is 0. The summed E-state index contributed by atoms with van der Waals surface area (Å²) >= 11 is 13.9. The molecule has 11 heteroatoms. The van der Waals surface area contributed by atoms with Crippen molar-refractivity contribution < 1.29 is 23.8 Å². The van der Waals surface area contributed by atoms with Crippen molar-refractivity contribution in [2.75, 3.05) is 23.8 Å². The van der Waals surface area contributed by atoms with Crippen LogP contribution in [0.2, 0.25) is 10.0 Å². The Hall–Kier alpha value is -6.16. The number of carbonyl (C=O) groups is 2. The van der Waals surface area contributed by atoms with Crippen molar-refractivity contribution in [2.24, 2.45) is 0 Å². The maximum atomic E-state index is 14.7. The molecule has 0 saturated heterocycles. The van der Waals surface area contributed by atoms with Crippen LogP contribution in [-0.2, 0) is 5.54 Å². The van der Waals surface area contributed by atoms with Gasteiger partial charge in [0.2, 0.25) is 0 Å². The molecule has 6 aromatic rings. The van der Waals surface area contributed by atoms with E-state index in [0.717, 1.165) is 34.2 Å². The van der Waals surface area contributed by atoms with E-state index in [1.54, 1.807) is 36.4 Å². The van der Waals surface area contributed by atoms with Gasteiger partial charge in [0, 0.05) is 62.2 Å². The van der Waals surface area contributed by atoms with Crippen LogP contribution in [-0.4, -0.2) is 30.0 Å². The molecule has 0 unspecified atom stereocenters. The van der Waals surface area contributed by atoms with Crippen LogP contribution in [0.4, 0.5) is 22.7 Å². The summed E-state index contributed by atoms with van der Waals surface area (Å²) in [6.45, 7) is 5.02. The third kappa shape index (κ3) is 6.11. The van der Waals surface area contributed by atoms with E-state index in [1.807, 2.05) is 105 Å². The number of rotatable bonds is 10. The topological polar surface area (TPSA) is 101 Å². The molecule has 9 nitrogen and oxygen atoms in total. The van der Waals surface area contributed by atoms with Gasteiger partial charge in [-0.05, 0) is 98.8 Å². The van der Waals surface area contributed by atoms with Crippen LogP contribution in [0.5, 0.6) is 23.0 Å². The second kappa shape index (κ2) is 14.3. The van der Waals surface area contributed by atoms with Gasteiger partial charge < -0.3 is 24.8 Å². The van der Waals surface area contributed by atoms with Gasteiger partial charge in [0.1, 0.15) is 28.5 Å². The molecule has 0 bridgehead atoms. The van der Waals surface area contributed by atoms with Crippen molar-refractivity contribution in [2.45, 2.75) is 19.4 Å². The molecule has 0 fully saturated rings. The Kier molecular flexibility index (Phi) is 9.27. The first-order chi connectivity index (χ1) is 26.3. The lowest BCUT2D eigenvalue weighted by Gasteiger charge is -2.44. The molecular formula is C43H34Cl2N4O5. The first-order valence-electron chi connectivity index (χ1n) is 17.5. The largest absolute Gasteiger partial charge is 0.494 e. The number of hydrazine groups is 1. The standard InChI is InChI=1S/C43H34Cl2N4O5/c1-3-52-31-16-10-27(11-17-31)46-29-14-20-33-37(24-29)54-38-25-30(47-28-12-18-32(19-13-28)53-4-2)15-21-34(38)43(33)40-36(45)23-22-35(44)39(40)42(51)49(43)48-41(50)26-8-6-5-7-9-26/h5-25,46-47H,3-4H2,1-2H3,(H,48,50). The second-order valence-corrected chi connectivity index (χ2v) is 13.4. The van der Waals surface area contributed by atoms with Crippen LogP contribution in [0.15, 0.2) is 127 Å². The Morgan fingerprint density at radius 1 is 0.667 bits per heavy atom. The Morgan fingerprint density at radius 2 is 1.17 bits per heavy atom. The Morgan fingerprint density at radius 3 is 1.69 bits per heavy atom. The van der Waals surface area contributed by atoms with Crippen LogP contribution in [0.1, 0.15) is 51.3 Å². The van der Waals surface area contributed by atoms with Gasteiger partial charge in [-0.1, -0.05) is 53.5 Å². The van der Waals surface area contributed by atoms with Gasteiger partial charge in [-0.3, -0.25) is 15.0 Å². The molecular weight excluding hydrogens is 723 g/mol. The molecule has 2 aliphatic heterocycles. The number of amides is 2. The molecule has 0 saturated carbocycles. The predicted molar refractivity (Wildman–Crippen MR) is 211 cm³/mol. The van der Waals surface area contributed by atoms with Crippen LogP contribution >= 0.6 is 23.2 Å². The number of hydrogen-bond donors (Lipinski definition) is 3. The SMILES string of the molecule is CCOc1ccc(Nc2ccc3c(c2)Oc2cc(Nc4ccc(OCC)cc4)ccc2C32c3c(Cl)ccc(Cl)c3C(=O)N2NC(=O)c2ccccc2)cc1. The summed E-state index contributed by atoms with van der Waals surface area (Å²) in [5.41, 5.74) is 6.70. The number of nitrogens with zero attached hydrogens (tertiary/aromatic N) is 1. The summed E-state index contributed by atoms with van der Waals surface area (Å²) in [4.78, 5) is 28.6. The Balaban J connectivity index is 1.29. The summed E-state index contributed by atoms with van der Waals surface area (Å²) < 4.78 is 18.0. The lowest BCUT2D eigenvalue weighted by atomic mass is 9.75. The molecule has 0 aliphatic carbocycles. The van der Waals surface area contributed by atoms with E-state index >= 15 is 0 Å². The first kappa shape index (κ1) is 34.9. The van der Waals surface area contributed by atoms with Crippen LogP contribution < -0.4 is 30.3 Å². The zero-order valence-electron chi connectivity index (χ0n) is 29.3. The maximum Gasteiger partial charge on any atom is 0.275 e. The number of halogens is 2. The average Bonchev–Trinajstić information content (AvgIpc) is 3.44. The van der Waals surface area contributed by atoms with Gasteiger partial charge in [-0.2, -0.15) is 0 Å². The minimum atomic E-state index is -1.49. The fraction of sp³-hybridized carbons (Fsp3) is 0.116. The normalized spacial score (nSPS) is 13.3. The minimum absolute atomic E-state index is 0.185. The molecule has 0 aromatic heterocycles. The summed E-state index contributed by atoms with van der Waals surface area (Å²) in [7, 11) is 0. The smallest absolute Gasteiger partial charge is 0.275 e. The number of hydrogen-bond acceptors (Lipinski definition) is 7. The molecule has 6 aromatic carbocycles. The van der Waals surface area contributed by atoms with Crippen LogP contribution in [0.3, 0.4) is 0 Å². The average molecular weight is 758 g/mol. The molecule has 3 N–H and O–H groups in total. The van der Waals surface area contributed by atoms with Gasteiger partial charge in [0.05, 0.1) is 23.8 Å². The molecule has 8 rings (SSSR count). The fourth-order valence-electron chi connectivity index (χ4n) is 7.06. The number of ether oxygens (including phenoxy) is 3. The molecule has 1 spiro atoms. The van der Waals surface area contributed by atoms with Crippen molar-refractivity contribution in [3.8, 4) is 23.0 Å². The lowest BCUT2D eigenvalue weighted by molar-refractivity contribution is 0.0448. The van der Waals surface area contributed by atoms with Crippen molar-refractivity contribution in [3.63, 3.8) is 0 Å². The number of anilines is 4. The van der Waals surface area contributed by atoms with Crippen molar-refractivity contribution in [3.05, 3.63) is 165 Å². The maximum absolute atomic E-state index is 14.7. The molecule has 0 radical (unpaired) electrons. The number of nitrogens with one attached hydrogen (secondary N) is 3. The van der Waals surface area contributed by atoms with Crippen molar-refractivity contribution >= 4 is 57.8 Å². The van der Waals surface area contributed by atoms with E-state index in [9.17, 15) is 9.59 Å². The highest BCUT2D eigenvalue weighted by Gasteiger charge is 2.59. The molecule has 2 amide bonds. The van der Waals surface area contributed by atoms with E-state index in [1.165, 1.54) is 5.01 Å². The van der Waals surface area contributed by atoms with E-state index < -0.39 is 17.4 Å². The number of benzene rings is 6. The molecule has 270 valence electrons. The van der Waals surface area contributed by atoms with Crippen molar-refractivity contribution in [1.82, 2.24) is 10.4 Å². The number of fused-ring (bicyclic) bond motifs is 6. The highest BCUT2D eigenvalue weighted by Crippen LogP contribution is 2.60. The van der Waals surface area contributed by atoms with Crippen LogP contribution in [0.25, 0.3) is 0 Å². The van der Waals surface area contributed by atoms with Crippen molar-refractivity contribution in [1.29, 1.82) is 0 Å².